The van der Waals surface area contributed by atoms with Gasteiger partial charge in [0.15, 0.2) is 12.4 Å². The lowest BCUT2D eigenvalue weighted by Crippen LogP contribution is -2.67. The molecule has 2 heterocycles. The number of benzene rings is 1. The van der Waals surface area contributed by atoms with Crippen molar-refractivity contribution >= 4 is 5.97 Å². The van der Waals surface area contributed by atoms with Gasteiger partial charge in [-0.3, -0.25) is 0 Å². The number of fused-ring (bicyclic) bond motifs is 1. The maximum atomic E-state index is 12.0. The van der Waals surface area contributed by atoms with Crippen molar-refractivity contribution in [3.63, 3.8) is 0 Å². The molecule has 2 aliphatic heterocycles. The highest BCUT2D eigenvalue weighted by Gasteiger charge is 2.51. The van der Waals surface area contributed by atoms with Gasteiger partial charge in [-0.15, -0.1) is 0 Å². The van der Waals surface area contributed by atoms with E-state index in [0.29, 0.717) is 0 Å². The fourth-order valence-corrected chi connectivity index (χ4v) is 3.09. The normalized spacial score (nSPS) is 35.0. The molecule has 8 heteroatoms. The Morgan fingerprint density at radius 1 is 1.24 bits per heavy atom. The van der Waals surface area contributed by atoms with E-state index in [1.54, 1.807) is 0 Å². The summed E-state index contributed by atoms with van der Waals surface area (Å²) in [6.45, 7) is 0.230. The summed E-state index contributed by atoms with van der Waals surface area (Å²) in [5, 5.41) is 0. The second-order valence-corrected chi connectivity index (χ2v) is 5.91. The molecule has 0 aliphatic carbocycles. The van der Waals surface area contributed by atoms with Crippen LogP contribution >= 0.6 is 0 Å². The summed E-state index contributed by atoms with van der Waals surface area (Å²) in [4.78, 5) is 12.0. The van der Waals surface area contributed by atoms with Gasteiger partial charge in [0.2, 0.25) is 0 Å². The smallest absolute Gasteiger partial charge is 0.337 e. The summed E-state index contributed by atoms with van der Waals surface area (Å²) < 4.78 is 32.9. The van der Waals surface area contributed by atoms with Crippen molar-refractivity contribution in [1.82, 2.24) is 0 Å². The monoisotopic (exact) mass is 353 g/mol. The van der Waals surface area contributed by atoms with Crippen LogP contribution in [0.3, 0.4) is 0 Å². The van der Waals surface area contributed by atoms with E-state index in [0.717, 1.165) is 5.56 Å². The van der Waals surface area contributed by atoms with Crippen molar-refractivity contribution in [3.8, 4) is 0 Å². The van der Waals surface area contributed by atoms with Crippen LogP contribution in [0.15, 0.2) is 30.3 Å². The Balaban J connectivity index is 1.76. The molecule has 3 rings (SSSR count). The lowest BCUT2D eigenvalue weighted by atomic mass is 9.92. The fraction of sp³-hybridized carbons (Fsp3) is 0.588. The van der Waals surface area contributed by atoms with E-state index in [4.69, 9.17) is 34.2 Å². The fourth-order valence-electron chi connectivity index (χ4n) is 3.09. The van der Waals surface area contributed by atoms with Crippen molar-refractivity contribution in [3.05, 3.63) is 35.9 Å². The summed E-state index contributed by atoms with van der Waals surface area (Å²) in [7, 11) is 2.78. The van der Waals surface area contributed by atoms with Gasteiger partial charge in [0.25, 0.3) is 0 Å². The quantitative estimate of drug-likeness (QED) is 0.598. The maximum Gasteiger partial charge on any atom is 0.337 e. The van der Waals surface area contributed by atoms with Crippen LogP contribution in [-0.2, 0) is 33.2 Å². The van der Waals surface area contributed by atoms with Gasteiger partial charge in [-0.2, -0.15) is 0 Å². The highest BCUT2D eigenvalue weighted by atomic mass is 16.7. The maximum absolute atomic E-state index is 12.0. The number of hydrogen-bond acceptors (Lipinski definition) is 8. The molecule has 0 amide bonds. The number of carbonyl (C=O) groups excluding carboxylic acids is 1. The summed E-state index contributed by atoms with van der Waals surface area (Å²) in [5.74, 6) is -0.555. The molecule has 138 valence electrons. The number of esters is 1. The van der Waals surface area contributed by atoms with Crippen molar-refractivity contribution in [1.29, 1.82) is 0 Å². The zero-order chi connectivity index (χ0) is 17.8. The lowest BCUT2D eigenvalue weighted by Gasteiger charge is -2.47. The van der Waals surface area contributed by atoms with Crippen molar-refractivity contribution in [2.75, 3.05) is 27.6 Å². The highest BCUT2D eigenvalue weighted by Crippen LogP contribution is 2.34. The SMILES string of the molecule is COCOC1C(C(=O)OC)OC2COC(c3ccccc3)OC2C1N. The third-order valence-corrected chi connectivity index (χ3v) is 4.32. The number of hydrogen-bond donors (Lipinski definition) is 1. The predicted molar refractivity (Wildman–Crippen MR) is 85.4 cm³/mol. The Morgan fingerprint density at radius 3 is 2.68 bits per heavy atom. The molecule has 1 aromatic rings. The molecule has 0 aromatic heterocycles. The molecule has 0 saturated carbocycles. The van der Waals surface area contributed by atoms with Crippen LogP contribution in [-0.4, -0.2) is 64.0 Å². The number of nitrogens with two attached hydrogens (primary N) is 1. The number of rotatable bonds is 5. The summed E-state index contributed by atoms with van der Waals surface area (Å²) in [5.41, 5.74) is 7.24. The van der Waals surface area contributed by atoms with Crippen LogP contribution in [0.2, 0.25) is 0 Å². The number of ether oxygens (including phenoxy) is 6. The van der Waals surface area contributed by atoms with Gasteiger partial charge in [0.1, 0.15) is 25.1 Å². The van der Waals surface area contributed by atoms with Crippen LogP contribution in [0.5, 0.6) is 0 Å². The zero-order valence-electron chi connectivity index (χ0n) is 14.2. The Morgan fingerprint density at radius 2 is 2.00 bits per heavy atom. The first kappa shape index (κ1) is 18.2. The van der Waals surface area contributed by atoms with Gasteiger partial charge in [-0.1, -0.05) is 30.3 Å². The first-order valence-corrected chi connectivity index (χ1v) is 8.07. The highest BCUT2D eigenvalue weighted by molar-refractivity contribution is 5.75. The molecular weight excluding hydrogens is 330 g/mol. The molecular formula is C17H23NO7. The van der Waals surface area contributed by atoms with Gasteiger partial charge in [-0.05, 0) is 0 Å². The van der Waals surface area contributed by atoms with Gasteiger partial charge >= 0.3 is 5.97 Å². The van der Waals surface area contributed by atoms with Crippen LogP contribution in [0, 0.1) is 0 Å². The van der Waals surface area contributed by atoms with E-state index < -0.39 is 42.7 Å². The Labute approximate surface area is 146 Å². The van der Waals surface area contributed by atoms with E-state index in [9.17, 15) is 4.79 Å². The van der Waals surface area contributed by atoms with E-state index >= 15 is 0 Å². The van der Waals surface area contributed by atoms with E-state index in [1.807, 2.05) is 30.3 Å². The average Bonchev–Trinajstić information content (AvgIpc) is 2.67. The van der Waals surface area contributed by atoms with Gasteiger partial charge < -0.3 is 34.2 Å². The molecule has 1 aromatic carbocycles. The Kier molecular flexibility index (Phi) is 6.00. The molecule has 0 spiro atoms. The van der Waals surface area contributed by atoms with Gasteiger partial charge in [-0.25, -0.2) is 4.79 Å². The molecule has 2 fully saturated rings. The minimum Gasteiger partial charge on any atom is -0.467 e. The predicted octanol–water partition coefficient (Wildman–Crippen LogP) is 0.357. The topological polar surface area (TPSA) is 98.5 Å². The molecule has 25 heavy (non-hydrogen) atoms. The second kappa shape index (κ2) is 8.22. The largest absolute Gasteiger partial charge is 0.467 e. The first-order chi connectivity index (χ1) is 12.2. The van der Waals surface area contributed by atoms with Gasteiger partial charge in [0, 0.05) is 12.7 Å². The van der Waals surface area contributed by atoms with Crippen molar-refractivity contribution in [2.24, 2.45) is 5.73 Å². The molecule has 0 radical (unpaired) electrons. The van der Waals surface area contributed by atoms with Crippen molar-refractivity contribution < 1.29 is 33.2 Å². The van der Waals surface area contributed by atoms with Crippen LogP contribution in [0.1, 0.15) is 11.9 Å². The molecule has 6 atom stereocenters. The summed E-state index contributed by atoms with van der Waals surface area (Å²) >= 11 is 0. The van der Waals surface area contributed by atoms with Crippen LogP contribution in [0.25, 0.3) is 0 Å². The standard InChI is InChI=1S/C17H23NO7/c1-20-9-23-14-12(18)13-11(24-15(14)16(19)21-2)8-22-17(25-13)10-6-4-3-5-7-10/h3-7,11-15,17H,8-9,18H2,1-2H3. The molecule has 2 aliphatic rings. The molecule has 2 N–H and O–H groups in total. The van der Waals surface area contributed by atoms with Crippen LogP contribution < -0.4 is 5.73 Å². The average molecular weight is 353 g/mol. The third-order valence-electron chi connectivity index (χ3n) is 4.32. The lowest BCUT2D eigenvalue weighted by molar-refractivity contribution is -0.312. The van der Waals surface area contributed by atoms with E-state index in [-0.39, 0.29) is 13.4 Å². The third kappa shape index (κ3) is 3.84. The number of carbonyl (C=O) groups is 1. The van der Waals surface area contributed by atoms with Crippen LogP contribution in [0.4, 0.5) is 0 Å². The second-order valence-electron chi connectivity index (χ2n) is 5.91. The van der Waals surface area contributed by atoms with E-state index in [2.05, 4.69) is 0 Å². The minimum absolute atomic E-state index is 0.0226. The van der Waals surface area contributed by atoms with Crippen molar-refractivity contribution in [2.45, 2.75) is 36.7 Å². The van der Waals surface area contributed by atoms with E-state index in [1.165, 1.54) is 14.2 Å². The molecule has 6 unspecified atom stereocenters. The molecule has 8 nitrogen and oxygen atoms in total. The van der Waals surface area contributed by atoms with Gasteiger partial charge in [0.05, 0.1) is 19.8 Å². The Hall–Kier alpha value is -1.55. The number of methoxy groups -OCH3 is 2. The molecule has 0 bridgehead atoms. The summed E-state index contributed by atoms with van der Waals surface area (Å²) in [6, 6.07) is 8.95. The zero-order valence-corrected chi connectivity index (χ0v) is 14.2. The minimum atomic E-state index is -0.961. The Bertz CT molecular complexity index is 569. The molecule has 2 saturated heterocycles. The first-order valence-electron chi connectivity index (χ1n) is 8.07. The summed E-state index contributed by atoms with van der Waals surface area (Å²) in [6.07, 6.45) is -3.22.